The van der Waals surface area contributed by atoms with Gasteiger partial charge >= 0.3 is 0 Å². The molecule has 110 valence electrons. The summed E-state index contributed by atoms with van der Waals surface area (Å²) in [6.07, 6.45) is 1.75. The van der Waals surface area contributed by atoms with Gasteiger partial charge in [0.2, 0.25) is 5.96 Å². The molecule has 3 rings (SSSR count). The van der Waals surface area contributed by atoms with Crippen molar-refractivity contribution in [3.8, 4) is 5.69 Å². The highest BCUT2D eigenvalue weighted by atomic mass is 15.1. The molecule has 0 saturated heterocycles. The first kappa shape index (κ1) is 13.6. The average Bonchev–Trinajstić information content (AvgIpc) is 2.91. The van der Waals surface area contributed by atoms with Crippen molar-refractivity contribution in [3.05, 3.63) is 54.9 Å². The van der Waals surface area contributed by atoms with Gasteiger partial charge in [0.25, 0.3) is 0 Å². The molecule has 0 bridgehead atoms. The Balaban J connectivity index is 2.15. The van der Waals surface area contributed by atoms with Gasteiger partial charge in [0.05, 0.1) is 22.4 Å². The van der Waals surface area contributed by atoms with Crippen LogP contribution in [0.1, 0.15) is 0 Å². The van der Waals surface area contributed by atoms with E-state index in [1.165, 1.54) is 0 Å². The third-order valence-corrected chi connectivity index (χ3v) is 3.07. The van der Waals surface area contributed by atoms with Gasteiger partial charge < -0.3 is 17.2 Å². The van der Waals surface area contributed by atoms with Crippen LogP contribution < -0.4 is 17.2 Å². The maximum atomic E-state index is 5.72. The number of aromatic nitrogens is 2. The predicted octanol–water partition coefficient (Wildman–Crippen LogP) is 1.25. The molecule has 22 heavy (non-hydrogen) atoms. The van der Waals surface area contributed by atoms with Gasteiger partial charge in [-0.1, -0.05) is 24.3 Å². The Bertz CT molecular complexity index is 872. The van der Waals surface area contributed by atoms with E-state index in [9.17, 15) is 0 Å². The second-order valence-corrected chi connectivity index (χ2v) is 4.60. The highest BCUT2D eigenvalue weighted by Gasteiger charge is 2.08. The highest BCUT2D eigenvalue weighted by Crippen LogP contribution is 2.26. The van der Waals surface area contributed by atoms with Gasteiger partial charge in [-0.3, -0.25) is 4.57 Å². The van der Waals surface area contributed by atoms with Crippen LogP contribution in [0.15, 0.2) is 64.8 Å². The SMILES string of the molecule is NC(N)=NC(N)=Nc1ccccc1-n1cnc2ccccc21. The molecule has 0 radical (unpaired) electrons. The van der Waals surface area contributed by atoms with E-state index in [2.05, 4.69) is 15.0 Å². The minimum absolute atomic E-state index is 0.00290. The Hall–Kier alpha value is -3.35. The molecular formula is C15H15N7. The zero-order chi connectivity index (χ0) is 15.5. The third kappa shape index (κ3) is 2.59. The van der Waals surface area contributed by atoms with E-state index in [0.29, 0.717) is 5.69 Å². The molecule has 0 fully saturated rings. The minimum Gasteiger partial charge on any atom is -0.370 e. The summed E-state index contributed by atoms with van der Waals surface area (Å²) in [7, 11) is 0. The number of nitrogens with two attached hydrogens (primary N) is 3. The van der Waals surface area contributed by atoms with Crippen molar-refractivity contribution in [1.82, 2.24) is 9.55 Å². The largest absolute Gasteiger partial charge is 0.370 e. The first-order valence-electron chi connectivity index (χ1n) is 6.60. The van der Waals surface area contributed by atoms with E-state index >= 15 is 0 Å². The van der Waals surface area contributed by atoms with Crippen molar-refractivity contribution in [3.63, 3.8) is 0 Å². The summed E-state index contributed by atoms with van der Waals surface area (Å²) in [4.78, 5) is 12.4. The summed E-state index contributed by atoms with van der Waals surface area (Å²) >= 11 is 0. The average molecular weight is 293 g/mol. The van der Waals surface area contributed by atoms with Gasteiger partial charge in [0, 0.05) is 0 Å². The standard InChI is InChI=1S/C15H15N7/c16-14(17)21-15(18)20-11-6-2-4-8-13(11)22-9-19-10-5-1-3-7-12(10)22/h1-9H,(H6,16,17,18,20,21). The summed E-state index contributed by atoms with van der Waals surface area (Å²) in [5.74, 6) is -0.135. The number of rotatable bonds is 2. The molecule has 6 N–H and O–H groups in total. The number of imidazole rings is 1. The number of benzene rings is 2. The van der Waals surface area contributed by atoms with Crippen molar-refractivity contribution in [1.29, 1.82) is 0 Å². The number of hydrogen-bond acceptors (Lipinski definition) is 2. The van der Waals surface area contributed by atoms with E-state index in [1.54, 1.807) is 6.33 Å². The van der Waals surface area contributed by atoms with Gasteiger partial charge in [-0.2, -0.15) is 4.99 Å². The van der Waals surface area contributed by atoms with Gasteiger partial charge in [-0.05, 0) is 24.3 Å². The van der Waals surface area contributed by atoms with Crippen LogP contribution in [0.3, 0.4) is 0 Å². The molecule has 1 heterocycles. The summed E-state index contributed by atoms with van der Waals surface area (Å²) in [6, 6.07) is 15.4. The maximum Gasteiger partial charge on any atom is 0.223 e. The normalized spacial score (nSPS) is 11.5. The lowest BCUT2D eigenvalue weighted by molar-refractivity contribution is 1.09. The zero-order valence-electron chi connectivity index (χ0n) is 11.7. The molecule has 0 aliphatic heterocycles. The Morgan fingerprint density at radius 1 is 0.955 bits per heavy atom. The number of guanidine groups is 2. The monoisotopic (exact) mass is 293 g/mol. The zero-order valence-corrected chi connectivity index (χ0v) is 11.7. The van der Waals surface area contributed by atoms with Crippen molar-refractivity contribution < 1.29 is 0 Å². The lowest BCUT2D eigenvalue weighted by Gasteiger charge is -2.08. The fourth-order valence-corrected chi connectivity index (χ4v) is 2.19. The van der Waals surface area contributed by atoms with Crippen molar-refractivity contribution in [2.45, 2.75) is 0 Å². The Morgan fingerprint density at radius 2 is 1.68 bits per heavy atom. The molecule has 0 unspecified atom stereocenters. The first-order valence-corrected chi connectivity index (χ1v) is 6.60. The van der Waals surface area contributed by atoms with E-state index in [1.807, 2.05) is 53.1 Å². The molecule has 1 aromatic heterocycles. The molecule has 0 aliphatic rings. The molecule has 3 aromatic rings. The molecule has 2 aromatic carbocycles. The van der Waals surface area contributed by atoms with Crippen LogP contribution >= 0.6 is 0 Å². The van der Waals surface area contributed by atoms with Crippen LogP contribution in [0.5, 0.6) is 0 Å². The van der Waals surface area contributed by atoms with Crippen molar-refractivity contribution >= 4 is 28.6 Å². The van der Waals surface area contributed by atoms with Crippen LogP contribution in [-0.2, 0) is 0 Å². The summed E-state index contributed by atoms with van der Waals surface area (Å²) < 4.78 is 1.94. The second-order valence-electron chi connectivity index (χ2n) is 4.60. The van der Waals surface area contributed by atoms with Crippen LogP contribution in [0.2, 0.25) is 0 Å². The lowest BCUT2D eigenvalue weighted by Crippen LogP contribution is -2.26. The molecule has 7 heteroatoms. The minimum atomic E-state index is -0.133. The van der Waals surface area contributed by atoms with E-state index in [4.69, 9.17) is 17.2 Å². The Labute approximate surface area is 126 Å². The van der Waals surface area contributed by atoms with Crippen molar-refractivity contribution in [2.24, 2.45) is 27.2 Å². The highest BCUT2D eigenvalue weighted by molar-refractivity contribution is 5.94. The van der Waals surface area contributed by atoms with Gasteiger partial charge in [0.1, 0.15) is 6.33 Å². The van der Waals surface area contributed by atoms with Crippen LogP contribution in [-0.4, -0.2) is 21.5 Å². The van der Waals surface area contributed by atoms with Gasteiger partial charge in [-0.25, -0.2) is 9.98 Å². The number of para-hydroxylation sites is 4. The Kier molecular flexibility index (Phi) is 3.45. The molecular weight excluding hydrogens is 278 g/mol. The first-order chi connectivity index (χ1) is 10.6. The quantitative estimate of drug-likeness (QED) is 0.486. The fraction of sp³-hybridized carbons (Fsp3) is 0. The summed E-state index contributed by atoms with van der Waals surface area (Å²) in [5.41, 5.74) is 19.7. The Morgan fingerprint density at radius 3 is 2.50 bits per heavy atom. The number of nitrogens with zero attached hydrogens (tertiary/aromatic N) is 4. The number of fused-ring (bicyclic) bond motifs is 1. The lowest BCUT2D eigenvalue weighted by atomic mass is 10.2. The molecule has 0 saturated carbocycles. The summed E-state index contributed by atoms with van der Waals surface area (Å²) in [6.45, 7) is 0. The number of hydrogen-bond donors (Lipinski definition) is 3. The van der Waals surface area contributed by atoms with E-state index < -0.39 is 0 Å². The molecule has 0 amide bonds. The van der Waals surface area contributed by atoms with E-state index in [-0.39, 0.29) is 11.9 Å². The van der Waals surface area contributed by atoms with E-state index in [0.717, 1.165) is 16.7 Å². The fourth-order valence-electron chi connectivity index (χ4n) is 2.19. The molecule has 7 nitrogen and oxygen atoms in total. The molecule has 0 spiro atoms. The predicted molar refractivity (Wildman–Crippen MR) is 88.2 cm³/mol. The molecule has 0 atom stereocenters. The second kappa shape index (κ2) is 5.57. The maximum absolute atomic E-state index is 5.72. The summed E-state index contributed by atoms with van der Waals surface area (Å²) in [5, 5.41) is 0. The van der Waals surface area contributed by atoms with Gasteiger partial charge in [-0.15, -0.1) is 0 Å². The third-order valence-electron chi connectivity index (χ3n) is 3.07. The van der Waals surface area contributed by atoms with Gasteiger partial charge in [0.15, 0.2) is 5.96 Å². The number of aliphatic imine (C=N–C) groups is 2. The topological polar surface area (TPSA) is 121 Å². The smallest absolute Gasteiger partial charge is 0.223 e. The molecule has 0 aliphatic carbocycles. The van der Waals surface area contributed by atoms with Crippen LogP contribution in [0.4, 0.5) is 5.69 Å². The van der Waals surface area contributed by atoms with Crippen LogP contribution in [0.25, 0.3) is 16.7 Å². The van der Waals surface area contributed by atoms with Crippen molar-refractivity contribution in [2.75, 3.05) is 0 Å². The van der Waals surface area contributed by atoms with Crippen LogP contribution in [0, 0.1) is 0 Å².